The number of methoxy groups -OCH3 is 1. The molecule has 3 aliphatic rings. The summed E-state index contributed by atoms with van der Waals surface area (Å²) in [4.78, 5) is 11.7. The van der Waals surface area contributed by atoms with Crippen LogP contribution < -0.4 is 0 Å². The largest absolute Gasteiger partial charge is 0.458 e. The lowest BCUT2D eigenvalue weighted by molar-refractivity contribution is -0.139. The van der Waals surface area contributed by atoms with Gasteiger partial charge in [0.25, 0.3) is 0 Å². The fourth-order valence-electron chi connectivity index (χ4n) is 4.12. The Labute approximate surface area is 114 Å². The highest BCUT2D eigenvalue weighted by Crippen LogP contribution is 2.49. The fourth-order valence-corrected chi connectivity index (χ4v) is 4.12. The van der Waals surface area contributed by atoms with Crippen LogP contribution in [0.15, 0.2) is 23.3 Å². The number of carbonyl (C=O) groups excluding carboxylic acids is 1. The summed E-state index contributed by atoms with van der Waals surface area (Å²) in [6.07, 6.45) is 3.26. The minimum Gasteiger partial charge on any atom is -0.458 e. The lowest BCUT2D eigenvalue weighted by atomic mass is 9.86. The molecule has 0 aromatic rings. The highest BCUT2D eigenvalue weighted by molar-refractivity contribution is 5.90. The number of esters is 1. The molecule has 0 aromatic heterocycles. The molecule has 2 aliphatic carbocycles. The second-order valence-electron chi connectivity index (χ2n) is 6.27. The van der Waals surface area contributed by atoms with Gasteiger partial charge in [0.05, 0.1) is 6.10 Å². The van der Waals surface area contributed by atoms with Crippen molar-refractivity contribution in [1.82, 2.24) is 0 Å². The molecule has 3 rings (SSSR count). The van der Waals surface area contributed by atoms with Crippen LogP contribution in [0.3, 0.4) is 0 Å². The third-order valence-electron chi connectivity index (χ3n) is 5.34. The smallest absolute Gasteiger partial charge is 0.334 e. The molecule has 3 heteroatoms. The molecule has 0 aromatic carbocycles. The molecule has 2 fully saturated rings. The minimum absolute atomic E-state index is 0.0434. The van der Waals surface area contributed by atoms with Crippen molar-refractivity contribution in [3.05, 3.63) is 23.3 Å². The molecular weight excluding hydrogens is 240 g/mol. The van der Waals surface area contributed by atoms with E-state index in [1.807, 2.05) is 0 Å². The molecule has 3 nitrogen and oxygen atoms in total. The molecule has 1 saturated heterocycles. The van der Waals surface area contributed by atoms with Gasteiger partial charge in [-0.2, -0.15) is 0 Å². The number of carbonyl (C=O) groups is 1. The standard InChI is InChI=1S/C16H22O3/c1-8-5-15-13(10(3)16(17)19-15)6-12-9(2)14(18-4)7-11(8)12/h8,11,13-15H,3,5-7H2,1-2,4H3/t8-,11-,13+,14+,15+/m0/s1. The van der Waals surface area contributed by atoms with Crippen LogP contribution >= 0.6 is 0 Å². The van der Waals surface area contributed by atoms with Gasteiger partial charge in [0.15, 0.2) is 0 Å². The second-order valence-corrected chi connectivity index (χ2v) is 6.27. The van der Waals surface area contributed by atoms with E-state index in [4.69, 9.17) is 9.47 Å². The summed E-state index contributed by atoms with van der Waals surface area (Å²) in [5, 5.41) is 0. The van der Waals surface area contributed by atoms with Crippen molar-refractivity contribution in [2.24, 2.45) is 17.8 Å². The van der Waals surface area contributed by atoms with Crippen LogP contribution in [-0.2, 0) is 14.3 Å². The molecule has 1 aliphatic heterocycles. The van der Waals surface area contributed by atoms with E-state index in [2.05, 4.69) is 20.4 Å². The molecule has 104 valence electrons. The van der Waals surface area contributed by atoms with Crippen molar-refractivity contribution in [3.63, 3.8) is 0 Å². The third-order valence-corrected chi connectivity index (χ3v) is 5.34. The second kappa shape index (κ2) is 4.48. The lowest BCUT2D eigenvalue weighted by Gasteiger charge is -2.21. The van der Waals surface area contributed by atoms with Crippen LogP contribution in [0.25, 0.3) is 0 Å². The predicted octanol–water partition coefficient (Wildman–Crippen LogP) is 2.87. The van der Waals surface area contributed by atoms with Gasteiger partial charge in [-0.05, 0) is 43.6 Å². The first-order valence-electron chi connectivity index (χ1n) is 7.15. The number of hydrogen-bond donors (Lipinski definition) is 0. The molecule has 0 N–H and O–H groups in total. The highest BCUT2D eigenvalue weighted by Gasteiger charge is 2.46. The molecule has 19 heavy (non-hydrogen) atoms. The minimum atomic E-state index is -0.194. The lowest BCUT2D eigenvalue weighted by Crippen LogP contribution is -2.20. The molecule has 1 saturated carbocycles. The SMILES string of the molecule is C=C1C(=O)O[C@@H]2C[C@H](C)[C@@H]3C[C@@H](OC)C(C)=C3C[C@H]12. The average Bonchev–Trinajstić information content (AvgIpc) is 2.77. The third kappa shape index (κ3) is 1.86. The molecule has 0 spiro atoms. The molecule has 0 radical (unpaired) electrons. The van der Waals surface area contributed by atoms with Crippen molar-refractivity contribution >= 4 is 5.97 Å². The van der Waals surface area contributed by atoms with Crippen molar-refractivity contribution in [3.8, 4) is 0 Å². The summed E-state index contributed by atoms with van der Waals surface area (Å²) < 4.78 is 11.1. The van der Waals surface area contributed by atoms with E-state index < -0.39 is 0 Å². The van der Waals surface area contributed by atoms with E-state index >= 15 is 0 Å². The molecular formula is C16H22O3. The maximum atomic E-state index is 11.7. The fraction of sp³-hybridized carbons (Fsp3) is 0.688. The van der Waals surface area contributed by atoms with Crippen LogP contribution in [0, 0.1) is 17.8 Å². The predicted molar refractivity (Wildman–Crippen MR) is 72.5 cm³/mol. The van der Waals surface area contributed by atoms with Crippen molar-refractivity contribution in [2.75, 3.05) is 7.11 Å². The Kier molecular flexibility index (Phi) is 3.05. The molecule has 1 heterocycles. The van der Waals surface area contributed by atoms with E-state index in [9.17, 15) is 4.79 Å². The molecule has 5 atom stereocenters. The number of rotatable bonds is 1. The summed E-state index contributed by atoms with van der Waals surface area (Å²) in [6, 6.07) is 0. The van der Waals surface area contributed by atoms with E-state index in [0.29, 0.717) is 17.4 Å². The summed E-state index contributed by atoms with van der Waals surface area (Å²) >= 11 is 0. The van der Waals surface area contributed by atoms with Crippen molar-refractivity contribution in [2.45, 2.75) is 45.3 Å². The van der Waals surface area contributed by atoms with Gasteiger partial charge in [-0.3, -0.25) is 0 Å². The van der Waals surface area contributed by atoms with E-state index in [-0.39, 0.29) is 24.1 Å². The van der Waals surface area contributed by atoms with Gasteiger partial charge >= 0.3 is 5.97 Å². The van der Waals surface area contributed by atoms with Crippen LogP contribution in [-0.4, -0.2) is 25.3 Å². The first kappa shape index (κ1) is 12.9. The van der Waals surface area contributed by atoms with Gasteiger partial charge in [-0.25, -0.2) is 4.79 Å². The van der Waals surface area contributed by atoms with E-state index in [0.717, 1.165) is 19.3 Å². The zero-order chi connectivity index (χ0) is 13.7. The Hall–Kier alpha value is -1.09. The zero-order valence-corrected chi connectivity index (χ0v) is 11.9. The first-order valence-corrected chi connectivity index (χ1v) is 7.15. The van der Waals surface area contributed by atoms with Gasteiger partial charge < -0.3 is 9.47 Å². The Bertz CT molecular complexity index is 463. The van der Waals surface area contributed by atoms with Crippen molar-refractivity contribution < 1.29 is 14.3 Å². The Morgan fingerprint density at radius 3 is 2.74 bits per heavy atom. The summed E-state index contributed by atoms with van der Waals surface area (Å²) in [6.45, 7) is 8.38. The van der Waals surface area contributed by atoms with Crippen molar-refractivity contribution in [1.29, 1.82) is 0 Å². The number of ether oxygens (including phenoxy) is 2. The summed E-state index contributed by atoms with van der Waals surface area (Å²) in [5.41, 5.74) is 3.53. The zero-order valence-electron chi connectivity index (χ0n) is 11.9. The quantitative estimate of drug-likeness (QED) is 0.414. The van der Waals surface area contributed by atoms with Crippen LogP contribution in [0.4, 0.5) is 0 Å². The molecule has 0 unspecified atom stereocenters. The number of allylic oxidation sites excluding steroid dienone is 1. The Morgan fingerprint density at radius 1 is 1.32 bits per heavy atom. The monoisotopic (exact) mass is 262 g/mol. The molecule has 0 amide bonds. The maximum Gasteiger partial charge on any atom is 0.334 e. The first-order chi connectivity index (χ1) is 9.02. The summed E-state index contributed by atoms with van der Waals surface area (Å²) in [7, 11) is 1.79. The highest BCUT2D eigenvalue weighted by atomic mass is 16.6. The van der Waals surface area contributed by atoms with Crippen LogP contribution in [0.5, 0.6) is 0 Å². The van der Waals surface area contributed by atoms with E-state index in [1.165, 1.54) is 11.1 Å². The summed E-state index contributed by atoms with van der Waals surface area (Å²) in [5.74, 6) is 1.11. The Morgan fingerprint density at radius 2 is 2.05 bits per heavy atom. The van der Waals surface area contributed by atoms with Crippen LogP contribution in [0.2, 0.25) is 0 Å². The molecule has 0 bridgehead atoms. The van der Waals surface area contributed by atoms with Crippen LogP contribution in [0.1, 0.15) is 33.1 Å². The van der Waals surface area contributed by atoms with Gasteiger partial charge in [0.1, 0.15) is 6.10 Å². The van der Waals surface area contributed by atoms with E-state index in [1.54, 1.807) is 7.11 Å². The Balaban J connectivity index is 1.95. The number of hydrogen-bond acceptors (Lipinski definition) is 3. The van der Waals surface area contributed by atoms with Gasteiger partial charge in [-0.15, -0.1) is 0 Å². The average molecular weight is 262 g/mol. The van der Waals surface area contributed by atoms with Gasteiger partial charge in [0, 0.05) is 18.6 Å². The normalized spacial score (nSPS) is 41.9. The van der Waals surface area contributed by atoms with Gasteiger partial charge in [0.2, 0.25) is 0 Å². The number of fused-ring (bicyclic) bond motifs is 2. The van der Waals surface area contributed by atoms with Gasteiger partial charge in [-0.1, -0.05) is 19.1 Å². The maximum absolute atomic E-state index is 11.7. The topological polar surface area (TPSA) is 35.5 Å².